The quantitative estimate of drug-likeness (QED) is 0.200. The highest BCUT2D eigenvalue weighted by molar-refractivity contribution is 9.10. The van der Waals surface area contributed by atoms with Gasteiger partial charge >= 0.3 is 0 Å². The maximum absolute atomic E-state index is 3.70. The molecule has 0 fully saturated rings. The Labute approximate surface area is 226 Å². The Morgan fingerprint density at radius 1 is 0.595 bits per heavy atom. The van der Waals surface area contributed by atoms with Crippen LogP contribution < -0.4 is 0 Å². The highest BCUT2D eigenvalue weighted by atomic mass is 79.9. The molecule has 0 aliphatic heterocycles. The molecule has 0 aliphatic rings. The average molecular weight is 555 g/mol. The van der Waals surface area contributed by atoms with Gasteiger partial charge in [0.2, 0.25) is 0 Å². The molecule has 0 radical (unpaired) electrons. The number of aromatic nitrogens is 1. The topological polar surface area (TPSA) is 4.93 Å². The summed E-state index contributed by atoms with van der Waals surface area (Å²) < 4.78 is 6.24. The first-order valence-electron chi connectivity index (χ1n) is 12.4. The minimum absolute atomic E-state index is 1.09. The molecular weight excluding hydrogens is 534 g/mol. The van der Waals surface area contributed by atoms with E-state index >= 15 is 0 Å². The van der Waals surface area contributed by atoms with E-state index in [1.807, 2.05) is 11.3 Å². The number of thiophene rings is 1. The van der Waals surface area contributed by atoms with Crippen LogP contribution in [0.4, 0.5) is 0 Å². The van der Waals surface area contributed by atoms with Crippen LogP contribution in [0, 0.1) is 0 Å². The number of hydrogen-bond donors (Lipinski definition) is 0. The van der Waals surface area contributed by atoms with E-state index in [4.69, 9.17) is 0 Å². The number of para-hydroxylation sites is 1. The monoisotopic (exact) mass is 553 g/mol. The SMILES string of the molecule is Brc1cccc(-c2cc3c4ccccc4n(-c4cccc5ccccc45)c3c3c2sc2ccccc23)c1. The van der Waals surface area contributed by atoms with Crippen molar-refractivity contribution in [1.82, 2.24) is 4.57 Å². The molecule has 0 bridgehead atoms. The van der Waals surface area contributed by atoms with Crippen molar-refractivity contribution in [2.45, 2.75) is 0 Å². The third kappa shape index (κ3) is 3.08. The molecule has 2 aromatic heterocycles. The van der Waals surface area contributed by atoms with E-state index in [1.54, 1.807) is 0 Å². The van der Waals surface area contributed by atoms with Crippen LogP contribution in [-0.2, 0) is 0 Å². The number of halogens is 1. The van der Waals surface area contributed by atoms with Crippen LogP contribution in [0.1, 0.15) is 0 Å². The molecule has 3 heteroatoms. The molecule has 0 atom stereocenters. The Balaban J connectivity index is 1.66. The van der Waals surface area contributed by atoms with Crippen LogP contribution >= 0.6 is 27.3 Å². The second-order valence-electron chi connectivity index (χ2n) is 9.48. The molecule has 0 saturated heterocycles. The molecule has 37 heavy (non-hydrogen) atoms. The average Bonchev–Trinajstić information content (AvgIpc) is 3.48. The molecule has 2 heterocycles. The van der Waals surface area contributed by atoms with Crippen LogP contribution in [0.15, 0.2) is 126 Å². The molecule has 0 unspecified atom stereocenters. The van der Waals surface area contributed by atoms with Crippen LogP contribution in [0.25, 0.3) is 69.6 Å². The van der Waals surface area contributed by atoms with Crippen molar-refractivity contribution in [3.8, 4) is 16.8 Å². The van der Waals surface area contributed by atoms with Crippen LogP contribution in [-0.4, -0.2) is 4.57 Å². The van der Waals surface area contributed by atoms with Crippen molar-refractivity contribution in [2.24, 2.45) is 0 Å². The van der Waals surface area contributed by atoms with Crippen molar-refractivity contribution in [3.63, 3.8) is 0 Å². The van der Waals surface area contributed by atoms with Gasteiger partial charge in [0, 0.05) is 46.4 Å². The van der Waals surface area contributed by atoms with Gasteiger partial charge in [0.25, 0.3) is 0 Å². The number of rotatable bonds is 2. The van der Waals surface area contributed by atoms with E-state index < -0.39 is 0 Å². The lowest BCUT2D eigenvalue weighted by Crippen LogP contribution is -1.95. The standard InChI is InChI=1S/C34H20BrNS/c35-23-12-7-11-22(19-23)27-20-28-25-14-3-5-16-30(25)36(29-17-8-10-21-9-1-2-13-24(21)29)33(28)32-26-15-4-6-18-31(26)37-34(27)32/h1-20H. The van der Waals surface area contributed by atoms with Gasteiger partial charge in [-0.2, -0.15) is 0 Å². The maximum Gasteiger partial charge on any atom is 0.0634 e. The smallest absolute Gasteiger partial charge is 0.0634 e. The van der Waals surface area contributed by atoms with Gasteiger partial charge in [0.1, 0.15) is 0 Å². The maximum atomic E-state index is 3.70. The fourth-order valence-electron chi connectivity index (χ4n) is 5.86. The van der Waals surface area contributed by atoms with E-state index in [0.717, 1.165) is 4.47 Å². The summed E-state index contributed by atoms with van der Waals surface area (Å²) in [6.07, 6.45) is 0. The van der Waals surface area contributed by atoms with Gasteiger partial charge in [-0.05, 0) is 47.3 Å². The Morgan fingerprint density at radius 3 is 2.22 bits per heavy atom. The zero-order valence-electron chi connectivity index (χ0n) is 19.8. The van der Waals surface area contributed by atoms with E-state index in [1.165, 1.54) is 69.6 Å². The first-order valence-corrected chi connectivity index (χ1v) is 14.0. The van der Waals surface area contributed by atoms with Gasteiger partial charge in [-0.25, -0.2) is 0 Å². The Hall–Kier alpha value is -3.92. The summed E-state index contributed by atoms with van der Waals surface area (Å²) in [7, 11) is 0. The summed E-state index contributed by atoms with van der Waals surface area (Å²) in [5.74, 6) is 0. The van der Waals surface area contributed by atoms with Crippen LogP contribution in [0.5, 0.6) is 0 Å². The van der Waals surface area contributed by atoms with Gasteiger partial charge in [-0.15, -0.1) is 11.3 Å². The summed E-state index contributed by atoms with van der Waals surface area (Å²) in [6, 6.07) is 44.1. The zero-order valence-corrected chi connectivity index (χ0v) is 22.2. The first kappa shape index (κ1) is 21.2. The fraction of sp³-hybridized carbons (Fsp3) is 0. The Bertz CT molecular complexity index is 2160. The molecule has 174 valence electrons. The van der Waals surface area contributed by atoms with Gasteiger partial charge in [-0.1, -0.05) is 101 Å². The Morgan fingerprint density at radius 2 is 1.32 bits per heavy atom. The first-order chi connectivity index (χ1) is 18.3. The molecule has 0 N–H and O–H groups in total. The van der Waals surface area contributed by atoms with Crippen LogP contribution in [0.2, 0.25) is 0 Å². The summed E-state index contributed by atoms with van der Waals surface area (Å²) in [6.45, 7) is 0. The molecule has 0 aliphatic carbocycles. The Kier molecular flexibility index (Phi) is 4.61. The number of fused-ring (bicyclic) bond motifs is 8. The second kappa shape index (κ2) is 8.04. The summed E-state index contributed by atoms with van der Waals surface area (Å²) in [4.78, 5) is 0. The zero-order chi connectivity index (χ0) is 24.5. The molecule has 0 spiro atoms. The lowest BCUT2D eigenvalue weighted by atomic mass is 9.99. The van der Waals surface area contributed by atoms with Gasteiger partial charge in [0.15, 0.2) is 0 Å². The molecule has 0 saturated carbocycles. The van der Waals surface area contributed by atoms with E-state index in [-0.39, 0.29) is 0 Å². The number of nitrogens with zero attached hydrogens (tertiary/aromatic N) is 1. The molecule has 8 rings (SSSR count). The number of benzene rings is 6. The summed E-state index contributed by atoms with van der Waals surface area (Å²) in [5.41, 5.74) is 6.25. The van der Waals surface area contributed by atoms with Crippen molar-refractivity contribution in [1.29, 1.82) is 0 Å². The predicted molar refractivity (Wildman–Crippen MR) is 164 cm³/mol. The van der Waals surface area contributed by atoms with E-state index in [9.17, 15) is 0 Å². The van der Waals surface area contributed by atoms with Gasteiger partial charge < -0.3 is 4.57 Å². The largest absolute Gasteiger partial charge is 0.308 e. The van der Waals surface area contributed by atoms with Gasteiger partial charge in [0.05, 0.1) is 16.7 Å². The van der Waals surface area contributed by atoms with Gasteiger partial charge in [-0.3, -0.25) is 0 Å². The molecule has 8 aromatic rings. The highest BCUT2D eigenvalue weighted by Gasteiger charge is 2.22. The van der Waals surface area contributed by atoms with Crippen LogP contribution in [0.3, 0.4) is 0 Å². The molecule has 0 amide bonds. The summed E-state index contributed by atoms with van der Waals surface area (Å²) >= 11 is 5.60. The summed E-state index contributed by atoms with van der Waals surface area (Å²) in [5, 5.41) is 7.72. The third-order valence-corrected chi connectivity index (χ3v) is 9.12. The predicted octanol–water partition coefficient (Wildman–Crippen LogP) is 10.7. The minimum Gasteiger partial charge on any atom is -0.308 e. The van der Waals surface area contributed by atoms with Crippen molar-refractivity contribution < 1.29 is 0 Å². The van der Waals surface area contributed by atoms with Crippen molar-refractivity contribution in [2.75, 3.05) is 0 Å². The highest BCUT2D eigenvalue weighted by Crippen LogP contribution is 2.48. The van der Waals surface area contributed by atoms with Crippen molar-refractivity contribution in [3.05, 3.63) is 126 Å². The molecule has 6 aromatic carbocycles. The lowest BCUT2D eigenvalue weighted by Gasteiger charge is -2.13. The fourth-order valence-corrected chi connectivity index (χ4v) is 7.50. The minimum atomic E-state index is 1.09. The van der Waals surface area contributed by atoms with E-state index in [2.05, 4.69) is 142 Å². The lowest BCUT2D eigenvalue weighted by molar-refractivity contribution is 1.21. The molecule has 1 nitrogen and oxygen atoms in total. The van der Waals surface area contributed by atoms with E-state index in [0.29, 0.717) is 0 Å². The normalized spacial score (nSPS) is 11.9. The number of hydrogen-bond acceptors (Lipinski definition) is 1. The van der Waals surface area contributed by atoms with Crippen molar-refractivity contribution >= 4 is 80.0 Å². The third-order valence-electron chi connectivity index (χ3n) is 7.42. The second-order valence-corrected chi connectivity index (χ2v) is 11.5. The molecular formula is C34H20BrNS.